The minimum atomic E-state index is -0.527. The molecule has 1 aliphatic rings. The number of esters is 1. The summed E-state index contributed by atoms with van der Waals surface area (Å²) < 4.78 is 26.6. The second-order valence-corrected chi connectivity index (χ2v) is 6.59. The number of anilines is 1. The number of morpholine rings is 1. The van der Waals surface area contributed by atoms with Gasteiger partial charge in [0.05, 0.1) is 36.6 Å². The van der Waals surface area contributed by atoms with Gasteiger partial charge in [0.25, 0.3) is 0 Å². The number of nitrogens with zero attached hydrogens (tertiary/aromatic N) is 2. The first kappa shape index (κ1) is 17.8. The van der Waals surface area contributed by atoms with Crippen molar-refractivity contribution in [1.29, 1.82) is 0 Å². The zero-order valence-corrected chi connectivity index (χ0v) is 15.5. The molecule has 1 aromatic heterocycles. The normalized spacial score (nSPS) is 14.6. The Morgan fingerprint density at radius 1 is 1.15 bits per heavy atom. The zero-order chi connectivity index (χ0) is 19.0. The third-order valence-electron chi connectivity index (χ3n) is 4.72. The van der Waals surface area contributed by atoms with E-state index < -0.39 is 11.8 Å². The molecule has 2 aromatic carbocycles. The third-order valence-corrected chi connectivity index (χ3v) is 5.09. The first-order chi connectivity index (χ1) is 13.1. The summed E-state index contributed by atoms with van der Waals surface area (Å²) in [4.78, 5) is 14.8. The van der Waals surface area contributed by atoms with Crippen molar-refractivity contribution in [2.24, 2.45) is 0 Å². The van der Waals surface area contributed by atoms with E-state index in [-0.39, 0.29) is 5.02 Å². The number of benzene rings is 2. The van der Waals surface area contributed by atoms with E-state index in [1.165, 1.54) is 13.2 Å². The van der Waals surface area contributed by atoms with Crippen LogP contribution in [0.4, 0.5) is 10.1 Å². The smallest absolute Gasteiger partial charge is 0.357 e. The molecule has 5 nitrogen and oxygen atoms in total. The zero-order valence-electron chi connectivity index (χ0n) is 14.7. The molecule has 0 spiro atoms. The minimum Gasteiger partial charge on any atom is -0.464 e. The second-order valence-electron chi connectivity index (χ2n) is 6.21. The minimum absolute atomic E-state index is 0.00572. The predicted molar refractivity (Wildman–Crippen MR) is 103 cm³/mol. The molecule has 0 bridgehead atoms. The first-order valence-electron chi connectivity index (χ1n) is 8.62. The van der Waals surface area contributed by atoms with Crippen molar-refractivity contribution in [2.45, 2.75) is 0 Å². The summed E-state index contributed by atoms with van der Waals surface area (Å²) in [6.45, 7) is 2.19. The molecule has 1 saturated heterocycles. The van der Waals surface area contributed by atoms with Gasteiger partial charge >= 0.3 is 5.97 Å². The van der Waals surface area contributed by atoms with Gasteiger partial charge in [-0.05, 0) is 24.3 Å². The van der Waals surface area contributed by atoms with Crippen LogP contribution < -0.4 is 4.90 Å². The van der Waals surface area contributed by atoms with E-state index in [9.17, 15) is 9.18 Å². The Morgan fingerprint density at radius 3 is 2.52 bits per heavy atom. The van der Waals surface area contributed by atoms with Gasteiger partial charge in [-0.15, -0.1) is 0 Å². The predicted octanol–water partition coefficient (Wildman–Crippen LogP) is 4.05. The van der Waals surface area contributed by atoms with E-state index in [1.54, 1.807) is 10.6 Å². The standard InChI is InChI=1S/C20H18ClFN2O3/c1-26-20(25)19-18(23-9-11-27-12-10-23)16-15(8-7-14(22)17(16)21)24(19)13-5-3-2-4-6-13/h2-8H,9-12H2,1H3. The lowest BCUT2D eigenvalue weighted by Crippen LogP contribution is -2.37. The van der Waals surface area contributed by atoms with Crippen LogP contribution in [0.3, 0.4) is 0 Å². The van der Waals surface area contributed by atoms with Crippen molar-refractivity contribution < 1.29 is 18.7 Å². The van der Waals surface area contributed by atoms with Gasteiger partial charge in [0.15, 0.2) is 5.69 Å². The number of carbonyl (C=O) groups is 1. The van der Waals surface area contributed by atoms with Crippen molar-refractivity contribution in [3.63, 3.8) is 0 Å². The van der Waals surface area contributed by atoms with Crippen LogP contribution in [-0.2, 0) is 9.47 Å². The molecule has 7 heteroatoms. The molecule has 2 heterocycles. The second kappa shape index (κ2) is 7.21. The Morgan fingerprint density at radius 2 is 1.85 bits per heavy atom. The number of rotatable bonds is 3. The molecular formula is C20H18ClFN2O3. The Balaban J connectivity index is 2.12. The molecule has 3 aromatic rings. The lowest BCUT2D eigenvalue weighted by atomic mass is 10.2. The summed E-state index contributed by atoms with van der Waals surface area (Å²) in [6.07, 6.45) is 0. The third kappa shape index (κ3) is 2.95. The highest BCUT2D eigenvalue weighted by atomic mass is 35.5. The molecule has 4 rings (SSSR count). The van der Waals surface area contributed by atoms with Crippen LogP contribution in [0.2, 0.25) is 5.02 Å². The summed E-state index contributed by atoms with van der Waals surface area (Å²) in [6, 6.07) is 12.4. The number of hydrogen-bond acceptors (Lipinski definition) is 4. The van der Waals surface area contributed by atoms with E-state index in [0.717, 1.165) is 5.69 Å². The van der Waals surface area contributed by atoms with Crippen LogP contribution in [0.15, 0.2) is 42.5 Å². The number of aromatic nitrogens is 1. The van der Waals surface area contributed by atoms with Crippen molar-refractivity contribution in [3.05, 3.63) is 59.0 Å². The van der Waals surface area contributed by atoms with E-state index in [2.05, 4.69) is 0 Å². The Bertz CT molecular complexity index is 998. The highest BCUT2D eigenvalue weighted by Crippen LogP contribution is 2.42. The van der Waals surface area contributed by atoms with E-state index in [4.69, 9.17) is 21.1 Å². The molecule has 0 atom stereocenters. The van der Waals surface area contributed by atoms with Crippen molar-refractivity contribution in [3.8, 4) is 5.69 Å². The molecule has 1 aliphatic heterocycles. The van der Waals surface area contributed by atoms with Crippen molar-refractivity contribution in [2.75, 3.05) is 38.3 Å². The van der Waals surface area contributed by atoms with Gasteiger partial charge in [-0.25, -0.2) is 9.18 Å². The first-order valence-corrected chi connectivity index (χ1v) is 9.00. The van der Waals surface area contributed by atoms with Crippen LogP contribution in [0.5, 0.6) is 0 Å². The number of hydrogen-bond donors (Lipinski definition) is 0. The van der Waals surface area contributed by atoms with Gasteiger partial charge < -0.3 is 18.9 Å². The summed E-state index contributed by atoms with van der Waals surface area (Å²) in [5.74, 6) is -1.03. The van der Waals surface area contributed by atoms with Gasteiger partial charge in [-0.1, -0.05) is 29.8 Å². The number of para-hydroxylation sites is 1. The van der Waals surface area contributed by atoms with Gasteiger partial charge in [0, 0.05) is 24.2 Å². The molecule has 140 valence electrons. The highest BCUT2D eigenvalue weighted by molar-refractivity contribution is 6.37. The number of fused-ring (bicyclic) bond motifs is 1. The lowest BCUT2D eigenvalue weighted by Gasteiger charge is -2.29. The van der Waals surface area contributed by atoms with Crippen LogP contribution in [-0.4, -0.2) is 43.9 Å². The molecular weight excluding hydrogens is 371 g/mol. The van der Waals surface area contributed by atoms with E-state index in [0.29, 0.717) is 48.6 Å². The summed E-state index contributed by atoms with van der Waals surface area (Å²) >= 11 is 6.37. The summed E-state index contributed by atoms with van der Waals surface area (Å²) in [5.41, 5.74) is 2.32. The largest absolute Gasteiger partial charge is 0.464 e. The molecule has 0 N–H and O–H groups in total. The monoisotopic (exact) mass is 388 g/mol. The molecule has 0 aliphatic carbocycles. The molecule has 0 radical (unpaired) electrons. The van der Waals surface area contributed by atoms with Gasteiger partial charge in [0.1, 0.15) is 5.82 Å². The Hall–Kier alpha value is -2.57. The fourth-order valence-corrected chi connectivity index (χ4v) is 3.77. The fourth-order valence-electron chi connectivity index (χ4n) is 3.52. The van der Waals surface area contributed by atoms with Gasteiger partial charge in [-0.3, -0.25) is 0 Å². The number of ether oxygens (including phenoxy) is 2. The lowest BCUT2D eigenvalue weighted by molar-refractivity contribution is 0.0592. The molecule has 0 unspecified atom stereocenters. The summed E-state index contributed by atoms with van der Waals surface area (Å²) in [5, 5.41) is 0.497. The Kier molecular flexibility index (Phi) is 4.76. The summed E-state index contributed by atoms with van der Waals surface area (Å²) in [7, 11) is 1.33. The maximum absolute atomic E-state index is 14.3. The Labute approximate surface area is 160 Å². The van der Waals surface area contributed by atoms with Crippen LogP contribution in [0, 0.1) is 5.82 Å². The number of halogens is 2. The average Bonchev–Trinajstić information content (AvgIpc) is 3.07. The molecule has 0 amide bonds. The maximum atomic E-state index is 14.3. The number of methoxy groups -OCH3 is 1. The van der Waals surface area contributed by atoms with E-state index in [1.807, 2.05) is 35.2 Å². The quantitative estimate of drug-likeness (QED) is 0.635. The van der Waals surface area contributed by atoms with Crippen molar-refractivity contribution >= 4 is 34.2 Å². The fraction of sp³-hybridized carbons (Fsp3) is 0.250. The number of carbonyl (C=O) groups excluding carboxylic acids is 1. The van der Waals surface area contributed by atoms with E-state index >= 15 is 0 Å². The van der Waals surface area contributed by atoms with Crippen LogP contribution in [0.25, 0.3) is 16.6 Å². The molecule has 27 heavy (non-hydrogen) atoms. The maximum Gasteiger partial charge on any atom is 0.357 e. The molecule has 1 fully saturated rings. The van der Waals surface area contributed by atoms with Crippen molar-refractivity contribution in [1.82, 2.24) is 4.57 Å². The van der Waals surface area contributed by atoms with Gasteiger partial charge in [0.2, 0.25) is 0 Å². The van der Waals surface area contributed by atoms with Crippen LogP contribution >= 0.6 is 11.6 Å². The topological polar surface area (TPSA) is 43.7 Å². The van der Waals surface area contributed by atoms with Gasteiger partial charge in [-0.2, -0.15) is 0 Å². The highest BCUT2D eigenvalue weighted by Gasteiger charge is 2.31. The van der Waals surface area contributed by atoms with Crippen LogP contribution in [0.1, 0.15) is 10.5 Å². The SMILES string of the molecule is COC(=O)c1c(N2CCOCC2)c2c(Cl)c(F)ccc2n1-c1ccccc1. The molecule has 0 saturated carbocycles. The average molecular weight is 389 g/mol.